The van der Waals surface area contributed by atoms with Gasteiger partial charge in [-0.1, -0.05) is 18.2 Å². The summed E-state index contributed by atoms with van der Waals surface area (Å²) in [6.45, 7) is 1.65. The van der Waals surface area contributed by atoms with Gasteiger partial charge in [0, 0.05) is 34.4 Å². The molecular weight excluding hydrogens is 421 g/mol. The number of aliphatic hydroxyl groups is 1. The Morgan fingerprint density at radius 3 is 2.97 bits per heavy atom. The van der Waals surface area contributed by atoms with Gasteiger partial charge in [0.05, 0.1) is 24.2 Å². The molecule has 0 aliphatic heterocycles. The minimum atomic E-state index is -0.773. The molecule has 9 heteroatoms. The van der Waals surface area contributed by atoms with Gasteiger partial charge >= 0.3 is 0 Å². The number of hydrogen-bond acceptors (Lipinski definition) is 6. The molecule has 6 rings (SSSR count). The number of aliphatic hydroxyl groups excluding tert-OH is 1. The van der Waals surface area contributed by atoms with Gasteiger partial charge in [-0.05, 0) is 43.9 Å². The molecule has 1 aliphatic carbocycles. The molecule has 3 N–H and O–H groups in total. The number of H-pyrrole nitrogens is 1. The van der Waals surface area contributed by atoms with E-state index in [1.807, 2.05) is 6.07 Å². The largest absolute Gasteiger partial charge is 0.387 e. The van der Waals surface area contributed by atoms with Gasteiger partial charge in [0.25, 0.3) is 0 Å². The summed E-state index contributed by atoms with van der Waals surface area (Å²) in [6.07, 6.45) is 6.17. The van der Waals surface area contributed by atoms with Crippen LogP contribution in [0.15, 0.2) is 48.9 Å². The van der Waals surface area contributed by atoms with E-state index in [2.05, 4.69) is 48.6 Å². The lowest BCUT2D eigenvalue weighted by molar-refractivity contribution is 0.192. The number of halogens is 1. The van der Waals surface area contributed by atoms with Crippen molar-refractivity contribution in [3.05, 3.63) is 71.7 Å². The molecule has 2 unspecified atom stereocenters. The fraction of sp³-hybridized carbons (Fsp3) is 0.250. The molecule has 4 heterocycles. The predicted molar refractivity (Wildman–Crippen MR) is 122 cm³/mol. The molecule has 8 nitrogen and oxygen atoms in total. The van der Waals surface area contributed by atoms with Crippen LogP contribution in [0.2, 0.25) is 0 Å². The summed E-state index contributed by atoms with van der Waals surface area (Å²) in [6, 6.07) is 9.83. The number of aryl methyl sites for hydroxylation is 1. The second-order valence-electron chi connectivity index (χ2n) is 8.48. The summed E-state index contributed by atoms with van der Waals surface area (Å²) in [5.41, 5.74) is 5.26. The Labute approximate surface area is 188 Å². The number of para-hydroxylation sites is 1. The van der Waals surface area contributed by atoms with Crippen molar-refractivity contribution in [2.75, 3.05) is 5.32 Å². The second kappa shape index (κ2) is 7.63. The van der Waals surface area contributed by atoms with Gasteiger partial charge in [-0.2, -0.15) is 0 Å². The number of nitrogens with zero attached hydrogens (tertiary/aromatic N) is 5. The number of hydrogen-bond donors (Lipinski definition) is 3. The van der Waals surface area contributed by atoms with E-state index in [0.29, 0.717) is 28.5 Å². The highest BCUT2D eigenvalue weighted by molar-refractivity contribution is 5.85. The predicted octanol–water partition coefficient (Wildman–Crippen LogP) is 3.83. The van der Waals surface area contributed by atoms with Crippen LogP contribution in [0, 0.1) is 5.82 Å². The summed E-state index contributed by atoms with van der Waals surface area (Å²) < 4.78 is 15.4. The standard InChI is InChI=1S/C24H22FN7O/c1-13(33)21-12-27-24-23(30-22(31-32(21)24)14-8-15(25)11-26-10-14)28-16-6-7-20-18(9-16)17-4-2-3-5-19(17)29-20/h2-5,8,10-13,16,29,33H,6-7,9H2,1H3,(H,28,30,31). The zero-order chi connectivity index (χ0) is 22.5. The summed E-state index contributed by atoms with van der Waals surface area (Å²) in [4.78, 5) is 16.6. The molecule has 0 radical (unpaired) electrons. The molecule has 0 saturated carbocycles. The summed E-state index contributed by atoms with van der Waals surface area (Å²) in [5.74, 6) is 0.385. The zero-order valence-electron chi connectivity index (χ0n) is 18.0. The third-order valence-electron chi connectivity index (χ3n) is 6.22. The SMILES string of the molecule is CC(O)c1cnc2c(NC3CCc4[nH]c5ccccc5c4C3)nc(-c3cncc(F)c3)nn12. The highest BCUT2D eigenvalue weighted by atomic mass is 19.1. The van der Waals surface area contributed by atoms with Crippen molar-refractivity contribution in [2.45, 2.75) is 38.3 Å². The first-order chi connectivity index (χ1) is 16.1. The van der Waals surface area contributed by atoms with Crippen molar-refractivity contribution in [3.63, 3.8) is 0 Å². The van der Waals surface area contributed by atoms with Crippen LogP contribution in [-0.2, 0) is 12.8 Å². The summed E-state index contributed by atoms with van der Waals surface area (Å²) >= 11 is 0. The van der Waals surface area contributed by atoms with Crippen molar-refractivity contribution >= 4 is 22.4 Å². The molecule has 166 valence electrons. The average molecular weight is 443 g/mol. The lowest BCUT2D eigenvalue weighted by Gasteiger charge is -2.24. The van der Waals surface area contributed by atoms with Crippen molar-refractivity contribution in [1.82, 2.24) is 29.5 Å². The van der Waals surface area contributed by atoms with E-state index in [0.717, 1.165) is 31.0 Å². The van der Waals surface area contributed by atoms with Crippen LogP contribution >= 0.6 is 0 Å². The van der Waals surface area contributed by atoms with Crippen LogP contribution in [-0.4, -0.2) is 40.7 Å². The van der Waals surface area contributed by atoms with Gasteiger partial charge in [0.2, 0.25) is 0 Å². The Kier molecular flexibility index (Phi) is 4.58. The minimum Gasteiger partial charge on any atom is -0.387 e. The van der Waals surface area contributed by atoms with Gasteiger partial charge in [0.15, 0.2) is 17.3 Å². The molecule has 2 atom stereocenters. The monoisotopic (exact) mass is 443 g/mol. The Balaban J connectivity index is 1.41. The van der Waals surface area contributed by atoms with E-state index in [9.17, 15) is 9.50 Å². The number of pyridine rings is 1. The Bertz CT molecular complexity index is 1490. The van der Waals surface area contributed by atoms with Gasteiger partial charge in [-0.3, -0.25) is 4.98 Å². The second-order valence-corrected chi connectivity index (χ2v) is 8.48. The van der Waals surface area contributed by atoms with Crippen molar-refractivity contribution < 1.29 is 9.50 Å². The smallest absolute Gasteiger partial charge is 0.197 e. The van der Waals surface area contributed by atoms with Crippen LogP contribution in [0.3, 0.4) is 0 Å². The molecular formula is C24H22FN7O. The van der Waals surface area contributed by atoms with Crippen LogP contribution in [0.4, 0.5) is 10.2 Å². The number of rotatable bonds is 4. The molecule has 0 amide bonds. The zero-order valence-corrected chi connectivity index (χ0v) is 18.0. The highest BCUT2D eigenvalue weighted by Gasteiger charge is 2.25. The molecule has 1 aromatic carbocycles. The normalized spacial score (nSPS) is 16.8. The number of aromatic nitrogens is 6. The quantitative estimate of drug-likeness (QED) is 0.390. The summed E-state index contributed by atoms with van der Waals surface area (Å²) in [7, 11) is 0. The van der Waals surface area contributed by atoms with E-state index in [1.54, 1.807) is 17.6 Å². The van der Waals surface area contributed by atoms with Crippen molar-refractivity contribution in [3.8, 4) is 11.4 Å². The molecule has 0 spiro atoms. The molecule has 0 fully saturated rings. The van der Waals surface area contributed by atoms with Crippen LogP contribution in [0.5, 0.6) is 0 Å². The third kappa shape index (κ3) is 3.41. The fourth-order valence-electron chi connectivity index (χ4n) is 4.62. The van der Waals surface area contributed by atoms with E-state index in [1.165, 1.54) is 28.9 Å². The number of anilines is 1. The Morgan fingerprint density at radius 1 is 1.24 bits per heavy atom. The molecule has 4 aromatic heterocycles. The maximum absolute atomic E-state index is 13.8. The van der Waals surface area contributed by atoms with Crippen LogP contribution in [0.1, 0.15) is 36.4 Å². The van der Waals surface area contributed by atoms with E-state index < -0.39 is 11.9 Å². The molecule has 1 aliphatic rings. The number of aromatic amines is 1. The van der Waals surface area contributed by atoms with Gasteiger partial charge in [-0.25, -0.2) is 18.9 Å². The van der Waals surface area contributed by atoms with E-state index in [-0.39, 0.29) is 6.04 Å². The lowest BCUT2D eigenvalue weighted by atomic mass is 9.91. The maximum atomic E-state index is 13.8. The number of imidazole rings is 1. The number of fused-ring (bicyclic) bond motifs is 4. The molecule has 0 bridgehead atoms. The van der Waals surface area contributed by atoms with Gasteiger partial charge in [-0.15, -0.1) is 5.10 Å². The third-order valence-corrected chi connectivity index (χ3v) is 6.22. The Morgan fingerprint density at radius 2 is 2.12 bits per heavy atom. The summed E-state index contributed by atoms with van der Waals surface area (Å²) in [5, 5.41) is 19.5. The maximum Gasteiger partial charge on any atom is 0.197 e. The van der Waals surface area contributed by atoms with Crippen molar-refractivity contribution in [1.29, 1.82) is 0 Å². The first-order valence-electron chi connectivity index (χ1n) is 11.0. The Hall–Kier alpha value is -3.85. The first kappa shape index (κ1) is 19.8. The first-order valence-corrected chi connectivity index (χ1v) is 11.0. The minimum absolute atomic E-state index is 0.139. The van der Waals surface area contributed by atoms with E-state index in [4.69, 9.17) is 0 Å². The lowest BCUT2D eigenvalue weighted by Crippen LogP contribution is -2.28. The molecule has 33 heavy (non-hydrogen) atoms. The number of benzene rings is 1. The van der Waals surface area contributed by atoms with Crippen LogP contribution in [0.25, 0.3) is 27.9 Å². The topological polar surface area (TPSA) is 104 Å². The number of nitrogens with one attached hydrogen (secondary N) is 2. The van der Waals surface area contributed by atoms with Crippen molar-refractivity contribution in [2.24, 2.45) is 0 Å². The fourth-order valence-corrected chi connectivity index (χ4v) is 4.62. The average Bonchev–Trinajstić information content (AvgIpc) is 3.41. The van der Waals surface area contributed by atoms with Gasteiger partial charge in [0.1, 0.15) is 5.82 Å². The molecule has 5 aromatic rings. The highest BCUT2D eigenvalue weighted by Crippen LogP contribution is 2.31. The van der Waals surface area contributed by atoms with E-state index >= 15 is 0 Å². The van der Waals surface area contributed by atoms with Crippen LogP contribution < -0.4 is 5.32 Å². The molecule has 0 saturated heterocycles. The van der Waals surface area contributed by atoms with Gasteiger partial charge < -0.3 is 15.4 Å².